The minimum Gasteiger partial charge on any atom is -0.494 e. The predicted octanol–water partition coefficient (Wildman–Crippen LogP) is 2.34. The maximum atomic E-state index is 13.9. The molecule has 0 amide bonds. The molecule has 1 aromatic rings. The van der Waals surface area contributed by atoms with Crippen molar-refractivity contribution in [3.8, 4) is 5.75 Å². The minimum atomic E-state index is -0.413. The summed E-state index contributed by atoms with van der Waals surface area (Å²) in [5.74, 6) is 0.345. The largest absolute Gasteiger partial charge is 0.494 e. The SMILES string of the molecule is COc1cccc(CC(=O)CC2CCNCC2)c1F. The Morgan fingerprint density at radius 2 is 2.16 bits per heavy atom. The highest BCUT2D eigenvalue weighted by molar-refractivity contribution is 5.81. The number of hydrogen-bond donors (Lipinski definition) is 1. The maximum absolute atomic E-state index is 13.9. The fourth-order valence-corrected chi connectivity index (χ4v) is 2.54. The first-order valence-electron chi connectivity index (χ1n) is 6.74. The van der Waals surface area contributed by atoms with Crippen molar-refractivity contribution in [2.45, 2.75) is 25.7 Å². The number of rotatable bonds is 5. The Hall–Kier alpha value is -1.42. The molecule has 1 heterocycles. The third-order valence-electron chi connectivity index (χ3n) is 3.63. The third-order valence-corrected chi connectivity index (χ3v) is 3.63. The highest BCUT2D eigenvalue weighted by Crippen LogP contribution is 2.22. The second kappa shape index (κ2) is 6.66. The summed E-state index contributed by atoms with van der Waals surface area (Å²) < 4.78 is 18.8. The highest BCUT2D eigenvalue weighted by atomic mass is 19.1. The number of hydrogen-bond acceptors (Lipinski definition) is 3. The topological polar surface area (TPSA) is 38.3 Å². The molecular formula is C15H20FNO2. The molecule has 3 nitrogen and oxygen atoms in total. The molecule has 19 heavy (non-hydrogen) atoms. The van der Waals surface area contributed by atoms with Crippen LogP contribution in [0.2, 0.25) is 0 Å². The first kappa shape index (κ1) is 14.0. The van der Waals surface area contributed by atoms with Gasteiger partial charge in [0.25, 0.3) is 0 Å². The Bertz CT molecular complexity index is 442. The van der Waals surface area contributed by atoms with Crippen LogP contribution in [0.5, 0.6) is 5.75 Å². The summed E-state index contributed by atoms with van der Waals surface area (Å²) in [4.78, 5) is 12.0. The lowest BCUT2D eigenvalue weighted by Crippen LogP contribution is -2.29. The average molecular weight is 265 g/mol. The number of carbonyl (C=O) groups is 1. The molecule has 4 heteroatoms. The van der Waals surface area contributed by atoms with E-state index < -0.39 is 5.82 Å². The second-order valence-electron chi connectivity index (χ2n) is 5.05. The molecule has 1 aliphatic rings. The monoisotopic (exact) mass is 265 g/mol. The molecule has 0 saturated carbocycles. The molecule has 1 N–H and O–H groups in total. The van der Waals surface area contributed by atoms with E-state index in [1.165, 1.54) is 7.11 Å². The Morgan fingerprint density at radius 1 is 1.42 bits per heavy atom. The van der Waals surface area contributed by atoms with Crippen LogP contribution in [0.15, 0.2) is 18.2 Å². The van der Waals surface area contributed by atoms with Crippen LogP contribution in [0.4, 0.5) is 4.39 Å². The molecule has 104 valence electrons. The van der Waals surface area contributed by atoms with Gasteiger partial charge in [-0.2, -0.15) is 0 Å². The lowest BCUT2D eigenvalue weighted by molar-refractivity contribution is -0.119. The zero-order valence-corrected chi connectivity index (χ0v) is 11.2. The molecule has 2 rings (SSSR count). The molecule has 0 aromatic heterocycles. The average Bonchev–Trinajstić information content (AvgIpc) is 2.42. The third kappa shape index (κ3) is 3.77. The van der Waals surface area contributed by atoms with Crippen molar-refractivity contribution in [2.24, 2.45) is 5.92 Å². The van der Waals surface area contributed by atoms with Gasteiger partial charge >= 0.3 is 0 Å². The molecule has 0 spiro atoms. The van der Waals surface area contributed by atoms with E-state index in [9.17, 15) is 9.18 Å². The number of benzene rings is 1. The van der Waals surface area contributed by atoms with Crippen LogP contribution < -0.4 is 10.1 Å². The van der Waals surface area contributed by atoms with E-state index in [1.807, 2.05) is 0 Å². The highest BCUT2D eigenvalue weighted by Gasteiger charge is 2.18. The van der Waals surface area contributed by atoms with Crippen LogP contribution in [0, 0.1) is 11.7 Å². The van der Waals surface area contributed by atoms with Gasteiger partial charge in [0.05, 0.1) is 7.11 Å². The van der Waals surface area contributed by atoms with Gasteiger partial charge in [0.2, 0.25) is 0 Å². The fraction of sp³-hybridized carbons (Fsp3) is 0.533. The lowest BCUT2D eigenvalue weighted by Gasteiger charge is -2.21. The Balaban J connectivity index is 1.94. The number of ketones is 1. The van der Waals surface area contributed by atoms with Crippen molar-refractivity contribution in [2.75, 3.05) is 20.2 Å². The zero-order valence-electron chi connectivity index (χ0n) is 11.2. The van der Waals surface area contributed by atoms with Crippen LogP contribution >= 0.6 is 0 Å². The summed E-state index contributed by atoms with van der Waals surface area (Å²) in [6.45, 7) is 1.96. The van der Waals surface area contributed by atoms with E-state index in [2.05, 4.69) is 5.32 Å². The van der Waals surface area contributed by atoms with Gasteiger partial charge in [0.15, 0.2) is 11.6 Å². The zero-order chi connectivity index (χ0) is 13.7. The summed E-state index contributed by atoms with van der Waals surface area (Å²) in [5.41, 5.74) is 0.429. The summed E-state index contributed by atoms with van der Waals surface area (Å²) >= 11 is 0. The van der Waals surface area contributed by atoms with Crippen molar-refractivity contribution in [1.82, 2.24) is 5.32 Å². The van der Waals surface area contributed by atoms with Crippen molar-refractivity contribution in [3.63, 3.8) is 0 Å². The molecule has 0 aliphatic carbocycles. The number of carbonyl (C=O) groups excluding carboxylic acids is 1. The number of halogens is 1. The van der Waals surface area contributed by atoms with Gasteiger partial charge in [-0.15, -0.1) is 0 Å². The number of piperidine rings is 1. The van der Waals surface area contributed by atoms with E-state index in [1.54, 1.807) is 18.2 Å². The molecule has 1 fully saturated rings. The quantitative estimate of drug-likeness (QED) is 0.888. The fourth-order valence-electron chi connectivity index (χ4n) is 2.54. The number of ether oxygens (including phenoxy) is 1. The molecule has 0 radical (unpaired) electrons. The number of methoxy groups -OCH3 is 1. The Kier molecular flexibility index (Phi) is 4.91. The predicted molar refractivity (Wildman–Crippen MR) is 71.9 cm³/mol. The van der Waals surface area contributed by atoms with Gasteiger partial charge in [0.1, 0.15) is 5.78 Å². The van der Waals surface area contributed by atoms with E-state index >= 15 is 0 Å². The normalized spacial score (nSPS) is 16.3. The summed E-state index contributed by atoms with van der Waals surface area (Å²) in [6, 6.07) is 4.93. The van der Waals surface area contributed by atoms with Gasteiger partial charge < -0.3 is 10.1 Å². The standard InChI is InChI=1S/C15H20FNO2/c1-19-14-4-2-3-12(15(14)16)10-13(18)9-11-5-7-17-8-6-11/h2-4,11,17H,5-10H2,1H3. The Morgan fingerprint density at radius 3 is 2.84 bits per heavy atom. The van der Waals surface area contributed by atoms with Crippen LogP contribution in [-0.2, 0) is 11.2 Å². The van der Waals surface area contributed by atoms with Gasteiger partial charge in [-0.1, -0.05) is 12.1 Å². The number of nitrogens with one attached hydrogen (secondary N) is 1. The smallest absolute Gasteiger partial charge is 0.168 e. The molecule has 1 aliphatic heterocycles. The van der Waals surface area contributed by atoms with E-state index in [4.69, 9.17) is 4.74 Å². The van der Waals surface area contributed by atoms with E-state index in [0.29, 0.717) is 17.9 Å². The van der Waals surface area contributed by atoms with Crippen LogP contribution in [0.1, 0.15) is 24.8 Å². The first-order chi connectivity index (χ1) is 9.20. The summed E-state index contributed by atoms with van der Waals surface area (Å²) in [5, 5.41) is 3.27. The van der Waals surface area contributed by atoms with Crippen LogP contribution in [0.3, 0.4) is 0 Å². The number of Topliss-reactive ketones (excluding diaryl/α,β-unsaturated/α-hetero) is 1. The van der Waals surface area contributed by atoms with Crippen LogP contribution in [0.25, 0.3) is 0 Å². The summed E-state index contributed by atoms with van der Waals surface area (Å²) in [7, 11) is 1.43. The molecule has 1 aromatic carbocycles. The molecular weight excluding hydrogens is 245 g/mol. The van der Waals surface area contributed by atoms with Crippen molar-refractivity contribution in [3.05, 3.63) is 29.6 Å². The second-order valence-corrected chi connectivity index (χ2v) is 5.05. The maximum Gasteiger partial charge on any atom is 0.168 e. The van der Waals surface area contributed by atoms with Crippen molar-refractivity contribution in [1.29, 1.82) is 0 Å². The summed E-state index contributed by atoms with van der Waals surface area (Å²) in [6.07, 6.45) is 2.78. The molecule has 1 saturated heterocycles. The van der Waals surface area contributed by atoms with Gasteiger partial charge in [-0.3, -0.25) is 4.79 Å². The van der Waals surface area contributed by atoms with E-state index in [0.717, 1.165) is 25.9 Å². The Labute approximate surface area is 113 Å². The molecule has 0 bridgehead atoms. The lowest BCUT2D eigenvalue weighted by atomic mass is 9.91. The molecule has 0 unspecified atom stereocenters. The first-order valence-corrected chi connectivity index (χ1v) is 6.74. The minimum absolute atomic E-state index is 0.110. The van der Waals surface area contributed by atoms with Crippen molar-refractivity contribution >= 4 is 5.78 Å². The van der Waals surface area contributed by atoms with E-state index in [-0.39, 0.29) is 18.0 Å². The van der Waals surface area contributed by atoms with Crippen molar-refractivity contribution < 1.29 is 13.9 Å². The van der Waals surface area contributed by atoms with Crippen LogP contribution in [-0.4, -0.2) is 26.0 Å². The van der Waals surface area contributed by atoms with Gasteiger partial charge in [0, 0.05) is 12.8 Å². The van der Waals surface area contributed by atoms with Gasteiger partial charge in [-0.25, -0.2) is 4.39 Å². The van der Waals surface area contributed by atoms with Gasteiger partial charge in [-0.05, 0) is 43.5 Å². The molecule has 0 atom stereocenters.